The summed E-state index contributed by atoms with van der Waals surface area (Å²) in [6.45, 7) is 6.63. The zero-order valence-electron chi connectivity index (χ0n) is 16.2. The lowest BCUT2D eigenvalue weighted by molar-refractivity contribution is 0.262. The number of aromatic nitrogens is 2. The average molecular weight is 376 g/mol. The van der Waals surface area contributed by atoms with E-state index in [2.05, 4.69) is 31.2 Å². The van der Waals surface area contributed by atoms with Crippen LogP contribution in [0.1, 0.15) is 18.2 Å². The minimum Gasteiger partial charge on any atom is -0.354 e. The van der Waals surface area contributed by atoms with Crippen LogP contribution >= 0.6 is 0 Å². The number of aryl methyl sites for hydroxylation is 2. The molecule has 2 amide bonds. The number of hydrogen-bond donors (Lipinski definition) is 4. The van der Waals surface area contributed by atoms with Gasteiger partial charge in [0.25, 0.3) is 0 Å². The molecule has 3 aromatic rings. The quantitative estimate of drug-likeness (QED) is 0.490. The van der Waals surface area contributed by atoms with Crippen molar-refractivity contribution < 1.29 is 4.79 Å². The van der Waals surface area contributed by atoms with Crippen LogP contribution in [0.5, 0.6) is 0 Å². The fraction of sp³-hybridized carbons (Fsp3) is 0.190. The molecule has 0 atom stereocenters. The number of para-hydroxylation sites is 1. The Balaban J connectivity index is 1.62. The molecule has 0 aliphatic heterocycles. The summed E-state index contributed by atoms with van der Waals surface area (Å²) in [6.07, 6.45) is 0. The summed E-state index contributed by atoms with van der Waals surface area (Å²) in [5, 5.41) is 12.0. The van der Waals surface area contributed by atoms with Gasteiger partial charge in [0.1, 0.15) is 5.82 Å². The predicted octanol–water partition coefficient (Wildman–Crippen LogP) is 4.91. The number of anilines is 5. The zero-order valence-corrected chi connectivity index (χ0v) is 16.2. The van der Waals surface area contributed by atoms with E-state index in [1.54, 1.807) is 0 Å². The highest BCUT2D eigenvalue weighted by molar-refractivity contribution is 6.00. The Morgan fingerprint density at radius 2 is 1.64 bits per heavy atom. The summed E-state index contributed by atoms with van der Waals surface area (Å²) in [7, 11) is 0. The minimum absolute atomic E-state index is 0.281. The zero-order chi connectivity index (χ0) is 19.9. The maximum atomic E-state index is 12.2. The van der Waals surface area contributed by atoms with E-state index in [-0.39, 0.29) is 6.03 Å². The van der Waals surface area contributed by atoms with E-state index in [0.717, 1.165) is 29.2 Å². The smallest absolute Gasteiger partial charge is 0.323 e. The fourth-order valence-corrected chi connectivity index (χ4v) is 2.65. The van der Waals surface area contributed by atoms with Crippen molar-refractivity contribution in [2.75, 3.05) is 27.8 Å². The van der Waals surface area contributed by atoms with Crippen LogP contribution in [-0.2, 0) is 0 Å². The topological polar surface area (TPSA) is 91.0 Å². The van der Waals surface area contributed by atoms with Crippen molar-refractivity contribution in [3.63, 3.8) is 0 Å². The molecule has 1 heterocycles. The van der Waals surface area contributed by atoms with Gasteiger partial charge in [0.2, 0.25) is 5.95 Å². The van der Waals surface area contributed by atoms with Gasteiger partial charge >= 0.3 is 6.03 Å². The Hall–Kier alpha value is -3.61. The molecule has 0 unspecified atom stereocenters. The van der Waals surface area contributed by atoms with Gasteiger partial charge in [-0.05, 0) is 56.7 Å². The number of amides is 2. The first-order valence-electron chi connectivity index (χ1n) is 9.14. The highest BCUT2D eigenvalue weighted by Crippen LogP contribution is 2.20. The van der Waals surface area contributed by atoms with E-state index < -0.39 is 0 Å². The summed E-state index contributed by atoms with van der Waals surface area (Å²) in [5.41, 5.74) is 4.23. The third kappa shape index (κ3) is 5.20. The summed E-state index contributed by atoms with van der Waals surface area (Å²) >= 11 is 0. The number of carbonyl (C=O) groups is 1. The first-order valence-corrected chi connectivity index (χ1v) is 9.14. The number of carbonyl (C=O) groups excluding carboxylic acids is 1. The Labute approximate surface area is 164 Å². The van der Waals surface area contributed by atoms with E-state index in [4.69, 9.17) is 0 Å². The molecule has 2 aromatic carbocycles. The Bertz CT molecular complexity index is 955. The summed E-state index contributed by atoms with van der Waals surface area (Å²) in [5.74, 6) is 1.30. The molecule has 144 valence electrons. The molecule has 0 spiro atoms. The molecule has 7 heteroatoms. The van der Waals surface area contributed by atoms with Crippen molar-refractivity contribution in [3.8, 4) is 0 Å². The Kier molecular flexibility index (Phi) is 6.06. The maximum absolute atomic E-state index is 12.2. The number of hydrogen-bond acceptors (Lipinski definition) is 5. The fourth-order valence-electron chi connectivity index (χ4n) is 2.65. The third-order valence-electron chi connectivity index (χ3n) is 4.00. The predicted molar refractivity (Wildman–Crippen MR) is 114 cm³/mol. The lowest BCUT2D eigenvalue weighted by Gasteiger charge is -2.11. The van der Waals surface area contributed by atoms with Crippen molar-refractivity contribution >= 4 is 34.9 Å². The molecule has 0 saturated carbocycles. The molecular formula is C21H24N6O. The average Bonchev–Trinajstić information content (AvgIpc) is 2.65. The monoisotopic (exact) mass is 376 g/mol. The Morgan fingerprint density at radius 3 is 2.36 bits per heavy atom. The number of benzene rings is 2. The van der Waals surface area contributed by atoms with E-state index >= 15 is 0 Å². The number of nitrogens with one attached hydrogen (secondary N) is 4. The van der Waals surface area contributed by atoms with Gasteiger partial charge in [-0.3, -0.25) is 0 Å². The lowest BCUT2D eigenvalue weighted by Crippen LogP contribution is -2.19. The van der Waals surface area contributed by atoms with E-state index in [1.165, 1.54) is 0 Å². The summed E-state index contributed by atoms with van der Waals surface area (Å²) in [6, 6.07) is 16.7. The molecule has 0 aliphatic carbocycles. The lowest BCUT2D eigenvalue weighted by atomic mass is 10.2. The van der Waals surface area contributed by atoms with Gasteiger partial charge < -0.3 is 21.3 Å². The van der Waals surface area contributed by atoms with Crippen LogP contribution in [0.25, 0.3) is 0 Å². The molecule has 28 heavy (non-hydrogen) atoms. The maximum Gasteiger partial charge on any atom is 0.323 e. The number of nitrogens with zero attached hydrogens (tertiary/aromatic N) is 2. The highest BCUT2D eigenvalue weighted by atomic mass is 16.2. The normalized spacial score (nSPS) is 10.2. The van der Waals surface area contributed by atoms with Crippen LogP contribution in [0.3, 0.4) is 0 Å². The van der Waals surface area contributed by atoms with Gasteiger partial charge in [-0.2, -0.15) is 4.98 Å². The van der Waals surface area contributed by atoms with Gasteiger partial charge in [-0.15, -0.1) is 0 Å². The second-order valence-electron chi connectivity index (χ2n) is 6.34. The summed E-state index contributed by atoms with van der Waals surface area (Å²) in [4.78, 5) is 21.0. The van der Waals surface area contributed by atoms with Gasteiger partial charge in [-0.25, -0.2) is 9.78 Å². The third-order valence-corrected chi connectivity index (χ3v) is 4.00. The van der Waals surface area contributed by atoms with Gasteiger partial charge in [0.05, 0.1) is 0 Å². The molecular weight excluding hydrogens is 352 g/mol. The van der Waals surface area contributed by atoms with Gasteiger partial charge in [0, 0.05) is 35.4 Å². The summed E-state index contributed by atoms with van der Waals surface area (Å²) < 4.78 is 0. The first-order chi connectivity index (χ1) is 13.5. The molecule has 0 saturated heterocycles. The van der Waals surface area contributed by atoms with Crippen LogP contribution in [0.2, 0.25) is 0 Å². The van der Waals surface area contributed by atoms with Crippen LogP contribution < -0.4 is 21.3 Å². The van der Waals surface area contributed by atoms with Gasteiger partial charge in [0.15, 0.2) is 0 Å². The second-order valence-corrected chi connectivity index (χ2v) is 6.34. The van der Waals surface area contributed by atoms with Gasteiger partial charge in [-0.1, -0.05) is 18.2 Å². The molecule has 0 aliphatic rings. The van der Waals surface area contributed by atoms with Crippen molar-refractivity contribution in [1.82, 2.24) is 9.97 Å². The Morgan fingerprint density at radius 1 is 0.929 bits per heavy atom. The van der Waals surface area contributed by atoms with E-state index in [0.29, 0.717) is 17.5 Å². The van der Waals surface area contributed by atoms with Crippen molar-refractivity contribution in [1.29, 1.82) is 0 Å². The standard InChI is InChI=1S/C21H24N6O/c1-4-22-20-23-15(3)13-19(27-20)24-16-9-11-17(12-10-16)25-21(28)26-18-8-6-5-7-14(18)2/h5-13H,4H2,1-3H3,(H2,25,26,28)(H2,22,23,24,27). The molecule has 0 radical (unpaired) electrons. The van der Waals surface area contributed by atoms with E-state index in [1.807, 2.05) is 75.4 Å². The molecule has 4 N–H and O–H groups in total. The first kappa shape index (κ1) is 19.2. The molecule has 0 fully saturated rings. The highest BCUT2D eigenvalue weighted by Gasteiger charge is 2.06. The number of rotatable bonds is 6. The SMILES string of the molecule is CCNc1nc(C)cc(Nc2ccc(NC(=O)Nc3ccccc3C)cc2)n1. The van der Waals surface area contributed by atoms with Crippen molar-refractivity contribution in [3.05, 3.63) is 65.9 Å². The van der Waals surface area contributed by atoms with Crippen LogP contribution in [0.4, 0.5) is 33.6 Å². The second kappa shape index (κ2) is 8.85. The van der Waals surface area contributed by atoms with Crippen LogP contribution in [0, 0.1) is 13.8 Å². The van der Waals surface area contributed by atoms with Crippen LogP contribution in [0.15, 0.2) is 54.6 Å². The molecule has 3 rings (SSSR count). The van der Waals surface area contributed by atoms with Crippen molar-refractivity contribution in [2.24, 2.45) is 0 Å². The minimum atomic E-state index is -0.281. The largest absolute Gasteiger partial charge is 0.354 e. The molecule has 7 nitrogen and oxygen atoms in total. The number of urea groups is 1. The molecule has 1 aromatic heterocycles. The van der Waals surface area contributed by atoms with Crippen LogP contribution in [-0.4, -0.2) is 22.5 Å². The molecule has 0 bridgehead atoms. The van der Waals surface area contributed by atoms with E-state index in [9.17, 15) is 4.79 Å². The van der Waals surface area contributed by atoms with Crippen molar-refractivity contribution in [2.45, 2.75) is 20.8 Å².